The van der Waals surface area contributed by atoms with Gasteiger partial charge in [0.25, 0.3) is 11.5 Å². The highest BCUT2D eigenvalue weighted by molar-refractivity contribution is 5.95. The van der Waals surface area contributed by atoms with Crippen LogP contribution in [0.4, 0.5) is 0 Å². The second kappa shape index (κ2) is 5.54. The van der Waals surface area contributed by atoms with Crippen molar-refractivity contribution in [2.24, 2.45) is 5.73 Å². The number of carbonyl (C=O) groups is 1. The van der Waals surface area contributed by atoms with Crippen molar-refractivity contribution in [3.8, 4) is 0 Å². The average molecular weight is 337 g/mol. The third-order valence-corrected chi connectivity index (χ3v) is 4.95. The van der Waals surface area contributed by atoms with Crippen LogP contribution in [-0.4, -0.2) is 19.9 Å². The van der Waals surface area contributed by atoms with E-state index in [2.05, 4.69) is 4.98 Å². The van der Waals surface area contributed by atoms with Gasteiger partial charge in [0.2, 0.25) is 0 Å². The van der Waals surface area contributed by atoms with E-state index < -0.39 is 5.91 Å². The minimum absolute atomic E-state index is 0.0373. The summed E-state index contributed by atoms with van der Waals surface area (Å²) in [6, 6.07) is 5.16. The maximum absolute atomic E-state index is 13.0. The minimum Gasteiger partial charge on any atom is -0.365 e. The highest BCUT2D eigenvalue weighted by Crippen LogP contribution is 2.30. The molecule has 7 heteroatoms. The molecule has 1 aliphatic carbocycles. The minimum atomic E-state index is -0.701. The van der Waals surface area contributed by atoms with E-state index in [-0.39, 0.29) is 22.7 Å². The van der Waals surface area contributed by atoms with Crippen molar-refractivity contribution in [2.75, 3.05) is 0 Å². The summed E-state index contributed by atoms with van der Waals surface area (Å²) < 4.78 is 3.20. The van der Waals surface area contributed by atoms with Gasteiger partial charge in [-0.1, -0.05) is 18.9 Å². The Morgan fingerprint density at radius 1 is 1.32 bits per heavy atom. The van der Waals surface area contributed by atoms with Gasteiger partial charge in [0.1, 0.15) is 16.8 Å². The lowest BCUT2D eigenvalue weighted by Gasteiger charge is -2.19. The highest BCUT2D eigenvalue weighted by Gasteiger charge is 2.23. The fourth-order valence-corrected chi connectivity index (χ4v) is 3.71. The Bertz CT molecular complexity index is 1140. The second-order valence-electron chi connectivity index (χ2n) is 6.67. The largest absolute Gasteiger partial charge is 0.365 e. The lowest BCUT2D eigenvalue weighted by molar-refractivity contribution is 0.0998. The molecule has 3 aromatic rings. The van der Waals surface area contributed by atoms with E-state index in [9.17, 15) is 9.59 Å². The van der Waals surface area contributed by atoms with Crippen molar-refractivity contribution >= 4 is 22.6 Å². The van der Waals surface area contributed by atoms with Crippen LogP contribution in [0.3, 0.4) is 0 Å². The van der Waals surface area contributed by atoms with Crippen LogP contribution in [0.5, 0.6) is 0 Å². The smallest absolute Gasteiger partial charge is 0.267 e. The van der Waals surface area contributed by atoms with E-state index in [1.54, 1.807) is 16.8 Å². The molecule has 0 bridgehead atoms. The molecule has 0 aromatic carbocycles. The van der Waals surface area contributed by atoms with Gasteiger partial charge in [-0.2, -0.15) is 0 Å². The van der Waals surface area contributed by atoms with Crippen LogP contribution in [-0.2, 0) is 0 Å². The molecule has 0 aliphatic heterocycles. The Labute approximate surface area is 143 Å². The monoisotopic (exact) mass is 337 g/mol. The number of primary amides is 1. The number of carbonyl (C=O) groups excluding carboxylic acids is 1. The number of nitrogens with one attached hydrogen (secondary N) is 1. The van der Waals surface area contributed by atoms with Gasteiger partial charge in [0.15, 0.2) is 0 Å². The van der Waals surface area contributed by atoms with Crippen LogP contribution < -0.4 is 16.8 Å². The van der Waals surface area contributed by atoms with E-state index in [0.717, 1.165) is 31.2 Å². The Balaban J connectivity index is 2.20. The number of amides is 1. The van der Waals surface area contributed by atoms with Crippen LogP contribution in [0.15, 0.2) is 29.2 Å². The summed E-state index contributed by atoms with van der Waals surface area (Å²) in [5, 5.41) is 8.77. The second-order valence-corrected chi connectivity index (χ2v) is 6.67. The van der Waals surface area contributed by atoms with Gasteiger partial charge in [-0.3, -0.25) is 19.4 Å². The molecule has 4 rings (SSSR count). The summed E-state index contributed by atoms with van der Waals surface area (Å²) in [6.45, 7) is 1.90. The van der Waals surface area contributed by atoms with Gasteiger partial charge < -0.3 is 10.3 Å². The van der Waals surface area contributed by atoms with Gasteiger partial charge in [0, 0.05) is 12.2 Å². The van der Waals surface area contributed by atoms with Crippen molar-refractivity contribution in [3.63, 3.8) is 0 Å². The molecule has 3 heterocycles. The molecule has 0 atom stereocenters. The zero-order valence-electron chi connectivity index (χ0n) is 14.0. The molecule has 1 aliphatic rings. The summed E-state index contributed by atoms with van der Waals surface area (Å²) in [4.78, 5) is 29.5. The molecule has 1 fully saturated rings. The number of hydrogen-bond acceptors (Lipinski definition) is 4. The zero-order chi connectivity index (χ0) is 17.7. The molecule has 0 saturated heterocycles. The van der Waals surface area contributed by atoms with Crippen LogP contribution >= 0.6 is 0 Å². The number of aryl methyl sites for hydroxylation is 1. The van der Waals surface area contributed by atoms with E-state index in [1.165, 1.54) is 10.5 Å². The number of pyridine rings is 2. The standard InChI is InChI=1S/C18H19N5O2/c1-10-6-7-14-21-17-13(18(25)22(14)9-10)8-12(16(20)24)15(19)23(17)11-4-2-3-5-11/h6-9,11,19H,2-5H2,1H3,(H2,20,24). The molecule has 1 saturated carbocycles. The first kappa shape index (κ1) is 15.6. The molecule has 1 amide bonds. The fourth-order valence-electron chi connectivity index (χ4n) is 3.71. The molecule has 128 valence electrons. The maximum atomic E-state index is 13.0. The van der Waals surface area contributed by atoms with Crippen molar-refractivity contribution in [1.29, 1.82) is 5.41 Å². The van der Waals surface area contributed by atoms with Crippen LogP contribution in [0.2, 0.25) is 0 Å². The Morgan fingerprint density at radius 3 is 2.72 bits per heavy atom. The topological polar surface area (TPSA) is 106 Å². The molecule has 3 N–H and O–H groups in total. The first-order valence-electron chi connectivity index (χ1n) is 8.40. The van der Waals surface area contributed by atoms with Crippen LogP contribution in [0, 0.1) is 12.3 Å². The summed E-state index contributed by atoms with van der Waals surface area (Å²) in [5.41, 5.74) is 7.22. The Kier molecular flexibility index (Phi) is 3.45. The predicted octanol–water partition coefficient (Wildman–Crippen LogP) is 1.65. The SMILES string of the molecule is Cc1ccc2nc3c(cc(C(N)=O)c(=N)n3C3CCCC3)c(=O)n2c1. The van der Waals surface area contributed by atoms with Crippen molar-refractivity contribution in [2.45, 2.75) is 38.6 Å². The molecule has 7 nitrogen and oxygen atoms in total. The summed E-state index contributed by atoms with van der Waals surface area (Å²) >= 11 is 0. The highest BCUT2D eigenvalue weighted by atomic mass is 16.1. The van der Waals surface area contributed by atoms with Crippen molar-refractivity contribution in [3.05, 3.63) is 51.4 Å². The molecule has 0 radical (unpaired) electrons. The molecular weight excluding hydrogens is 318 g/mol. The summed E-state index contributed by atoms with van der Waals surface area (Å²) in [5.74, 6) is -0.701. The third kappa shape index (κ3) is 2.34. The molecule has 3 aromatic heterocycles. The lowest BCUT2D eigenvalue weighted by atomic mass is 10.1. The number of rotatable bonds is 2. The first-order chi connectivity index (χ1) is 12.0. The van der Waals surface area contributed by atoms with E-state index in [1.807, 2.05) is 13.0 Å². The van der Waals surface area contributed by atoms with Crippen LogP contribution in [0.25, 0.3) is 16.7 Å². The molecular formula is C18H19N5O2. The quantitative estimate of drug-likeness (QED) is 0.694. The number of aromatic nitrogens is 3. The number of hydrogen-bond donors (Lipinski definition) is 2. The molecule has 0 unspecified atom stereocenters. The van der Waals surface area contributed by atoms with Gasteiger partial charge in [-0.25, -0.2) is 4.98 Å². The summed E-state index contributed by atoms with van der Waals surface area (Å²) in [7, 11) is 0. The zero-order valence-corrected chi connectivity index (χ0v) is 14.0. The lowest BCUT2D eigenvalue weighted by Crippen LogP contribution is -2.34. The van der Waals surface area contributed by atoms with E-state index in [4.69, 9.17) is 11.1 Å². The van der Waals surface area contributed by atoms with Gasteiger partial charge in [-0.05, 0) is 37.5 Å². The van der Waals surface area contributed by atoms with Crippen molar-refractivity contribution < 1.29 is 4.79 Å². The van der Waals surface area contributed by atoms with Gasteiger partial charge >= 0.3 is 0 Å². The van der Waals surface area contributed by atoms with Gasteiger partial charge in [-0.15, -0.1) is 0 Å². The van der Waals surface area contributed by atoms with E-state index in [0.29, 0.717) is 16.7 Å². The fraction of sp³-hybridized carbons (Fsp3) is 0.333. The van der Waals surface area contributed by atoms with Gasteiger partial charge in [0.05, 0.1) is 10.9 Å². The maximum Gasteiger partial charge on any atom is 0.267 e. The number of nitrogens with two attached hydrogens (primary N) is 1. The predicted molar refractivity (Wildman–Crippen MR) is 93.6 cm³/mol. The molecule has 0 spiro atoms. The van der Waals surface area contributed by atoms with Crippen molar-refractivity contribution in [1.82, 2.24) is 14.0 Å². The number of nitrogens with zero attached hydrogens (tertiary/aromatic N) is 3. The first-order valence-corrected chi connectivity index (χ1v) is 8.40. The Hall–Kier alpha value is -2.96. The number of fused-ring (bicyclic) bond motifs is 2. The summed E-state index contributed by atoms with van der Waals surface area (Å²) in [6.07, 6.45) is 5.66. The Morgan fingerprint density at radius 2 is 2.04 bits per heavy atom. The third-order valence-electron chi connectivity index (χ3n) is 4.95. The normalized spacial score (nSPS) is 15.2. The van der Waals surface area contributed by atoms with Crippen LogP contribution in [0.1, 0.15) is 47.6 Å². The van der Waals surface area contributed by atoms with E-state index >= 15 is 0 Å². The molecule has 25 heavy (non-hydrogen) atoms. The average Bonchev–Trinajstić information content (AvgIpc) is 3.09.